The lowest BCUT2D eigenvalue weighted by Gasteiger charge is -2.22. The molecular weight excluding hydrogens is 288 g/mol. The topological polar surface area (TPSA) is 72.6 Å². The molecule has 0 bridgehead atoms. The van der Waals surface area contributed by atoms with Crippen LogP contribution in [0.1, 0.15) is 5.56 Å². The van der Waals surface area contributed by atoms with Crippen LogP contribution in [0.3, 0.4) is 0 Å². The molecule has 0 fully saturated rings. The molecule has 0 radical (unpaired) electrons. The van der Waals surface area contributed by atoms with Crippen LogP contribution in [-0.4, -0.2) is 22.6 Å². The Kier molecular flexibility index (Phi) is 4.09. The number of rotatable bonds is 4. The number of nitrogens with two attached hydrogens (primary N) is 1. The van der Waals surface area contributed by atoms with E-state index >= 15 is 0 Å². The van der Waals surface area contributed by atoms with E-state index in [0.29, 0.717) is 22.7 Å². The zero-order valence-corrected chi connectivity index (χ0v) is 13.0. The number of nitrogens with zero attached hydrogens (tertiary/aromatic N) is 1. The van der Waals surface area contributed by atoms with Gasteiger partial charge in [0.2, 0.25) is 0 Å². The Labute approximate surface area is 125 Å². The average Bonchev–Trinajstić information content (AvgIpc) is 2.46. The first-order valence-electron chi connectivity index (χ1n) is 6.36. The van der Waals surface area contributed by atoms with Gasteiger partial charge in [-0.2, -0.15) is 0 Å². The van der Waals surface area contributed by atoms with Crippen molar-refractivity contribution in [3.63, 3.8) is 0 Å². The normalized spacial score (nSPS) is 11.2. The third-order valence-corrected chi connectivity index (χ3v) is 5.19. The van der Waals surface area contributed by atoms with Crippen LogP contribution in [0.25, 0.3) is 0 Å². The molecule has 2 N–H and O–H groups in total. The fourth-order valence-electron chi connectivity index (χ4n) is 2.13. The van der Waals surface area contributed by atoms with Gasteiger partial charge in [0.25, 0.3) is 10.0 Å². The molecule has 0 aromatic heterocycles. The van der Waals surface area contributed by atoms with E-state index in [4.69, 9.17) is 10.5 Å². The summed E-state index contributed by atoms with van der Waals surface area (Å²) in [5.41, 5.74) is 7.30. The van der Waals surface area contributed by atoms with E-state index < -0.39 is 10.0 Å². The lowest BCUT2D eigenvalue weighted by Crippen LogP contribution is -2.27. The minimum atomic E-state index is -3.67. The van der Waals surface area contributed by atoms with Crippen LogP contribution in [0.15, 0.2) is 47.4 Å². The Hall–Kier alpha value is -2.21. The fraction of sp³-hybridized carbons (Fsp3) is 0.200. The van der Waals surface area contributed by atoms with Gasteiger partial charge in [0, 0.05) is 12.7 Å². The molecule has 0 atom stereocenters. The van der Waals surface area contributed by atoms with Crippen LogP contribution in [0.2, 0.25) is 0 Å². The van der Waals surface area contributed by atoms with Gasteiger partial charge in [0.05, 0.1) is 17.7 Å². The first kappa shape index (κ1) is 15.2. The van der Waals surface area contributed by atoms with Gasteiger partial charge in [0.1, 0.15) is 5.75 Å². The fourth-order valence-corrected chi connectivity index (χ4v) is 3.54. The molecule has 2 aromatic rings. The van der Waals surface area contributed by atoms with Crippen LogP contribution in [0.4, 0.5) is 11.4 Å². The van der Waals surface area contributed by atoms with Gasteiger partial charge in [-0.15, -0.1) is 0 Å². The molecular formula is C15H18N2O3S. The summed E-state index contributed by atoms with van der Waals surface area (Å²) in [6.45, 7) is 1.72. The predicted octanol–water partition coefficient (Wildman–Crippen LogP) is 2.41. The van der Waals surface area contributed by atoms with Crippen molar-refractivity contribution in [1.82, 2.24) is 0 Å². The van der Waals surface area contributed by atoms with Gasteiger partial charge in [0.15, 0.2) is 0 Å². The van der Waals surface area contributed by atoms with Gasteiger partial charge >= 0.3 is 0 Å². The second-order valence-electron chi connectivity index (χ2n) is 4.67. The molecule has 0 aliphatic heterocycles. The summed E-state index contributed by atoms with van der Waals surface area (Å²) in [5, 5.41) is 0. The third-order valence-electron chi connectivity index (χ3n) is 3.26. The molecule has 5 nitrogen and oxygen atoms in total. The van der Waals surface area contributed by atoms with Crippen LogP contribution < -0.4 is 14.8 Å². The molecule has 0 unspecified atom stereocenters. The van der Waals surface area contributed by atoms with E-state index in [0.717, 1.165) is 0 Å². The number of hydrogen-bond acceptors (Lipinski definition) is 4. The molecule has 0 spiro atoms. The Bertz CT molecular complexity index is 757. The van der Waals surface area contributed by atoms with E-state index in [-0.39, 0.29) is 4.90 Å². The summed E-state index contributed by atoms with van der Waals surface area (Å²) in [4.78, 5) is 0.227. The molecule has 21 heavy (non-hydrogen) atoms. The summed E-state index contributed by atoms with van der Waals surface area (Å²) in [5.74, 6) is 0.497. The molecule has 0 aliphatic rings. The van der Waals surface area contributed by atoms with Crippen molar-refractivity contribution in [3.8, 4) is 5.75 Å². The largest absolute Gasteiger partial charge is 0.495 e. The minimum absolute atomic E-state index is 0.227. The van der Waals surface area contributed by atoms with Crippen molar-refractivity contribution >= 4 is 21.4 Å². The summed E-state index contributed by atoms with van der Waals surface area (Å²) in [6, 6.07) is 11.7. The highest BCUT2D eigenvalue weighted by molar-refractivity contribution is 7.92. The van der Waals surface area contributed by atoms with Crippen LogP contribution in [0.5, 0.6) is 5.75 Å². The molecule has 112 valence electrons. The minimum Gasteiger partial charge on any atom is -0.495 e. The highest BCUT2D eigenvalue weighted by atomic mass is 32.2. The molecule has 0 saturated carbocycles. The zero-order valence-electron chi connectivity index (χ0n) is 12.2. The maximum atomic E-state index is 12.8. The maximum Gasteiger partial charge on any atom is 0.264 e. The number of methoxy groups -OCH3 is 1. The number of sulfonamides is 1. The van der Waals surface area contributed by atoms with Crippen molar-refractivity contribution in [2.75, 3.05) is 24.2 Å². The molecule has 0 aliphatic carbocycles. The lowest BCUT2D eigenvalue weighted by molar-refractivity contribution is 0.416. The first-order chi connectivity index (χ1) is 9.87. The maximum absolute atomic E-state index is 12.8. The van der Waals surface area contributed by atoms with Gasteiger partial charge in [-0.25, -0.2) is 8.42 Å². The molecule has 0 heterocycles. The van der Waals surface area contributed by atoms with Crippen LogP contribution in [-0.2, 0) is 10.0 Å². The Morgan fingerprint density at radius 1 is 1.14 bits per heavy atom. The van der Waals surface area contributed by atoms with Gasteiger partial charge in [-0.3, -0.25) is 4.31 Å². The Morgan fingerprint density at radius 2 is 1.81 bits per heavy atom. The smallest absolute Gasteiger partial charge is 0.264 e. The second-order valence-corrected chi connectivity index (χ2v) is 6.61. The van der Waals surface area contributed by atoms with E-state index in [2.05, 4.69) is 0 Å². The molecule has 2 aromatic carbocycles. The van der Waals surface area contributed by atoms with E-state index in [9.17, 15) is 8.42 Å². The Balaban J connectivity index is 2.53. The number of anilines is 2. The highest BCUT2D eigenvalue weighted by Gasteiger charge is 2.25. The Morgan fingerprint density at radius 3 is 2.43 bits per heavy atom. The van der Waals surface area contributed by atoms with E-state index in [1.54, 1.807) is 43.3 Å². The number of aryl methyl sites for hydroxylation is 1. The van der Waals surface area contributed by atoms with Gasteiger partial charge in [-0.05, 0) is 42.8 Å². The SMILES string of the molecule is COc1ccccc1N(C)S(=O)(=O)c1ccc(N)cc1C. The zero-order chi connectivity index (χ0) is 15.6. The quantitative estimate of drug-likeness (QED) is 0.880. The summed E-state index contributed by atoms with van der Waals surface area (Å²) < 4.78 is 32.0. The predicted molar refractivity (Wildman–Crippen MR) is 84.2 cm³/mol. The molecule has 0 saturated heterocycles. The summed E-state index contributed by atoms with van der Waals surface area (Å²) in [7, 11) is -0.664. The van der Waals surface area contributed by atoms with Crippen molar-refractivity contribution in [3.05, 3.63) is 48.0 Å². The number of hydrogen-bond donors (Lipinski definition) is 1. The van der Waals surface area contributed by atoms with E-state index in [1.165, 1.54) is 24.5 Å². The first-order valence-corrected chi connectivity index (χ1v) is 7.80. The second kappa shape index (κ2) is 5.65. The summed E-state index contributed by atoms with van der Waals surface area (Å²) in [6.07, 6.45) is 0. The van der Waals surface area contributed by atoms with Crippen LogP contribution in [0, 0.1) is 6.92 Å². The van der Waals surface area contributed by atoms with Crippen molar-refractivity contribution in [2.24, 2.45) is 0 Å². The van der Waals surface area contributed by atoms with Gasteiger partial charge < -0.3 is 10.5 Å². The highest BCUT2D eigenvalue weighted by Crippen LogP contribution is 2.31. The monoisotopic (exact) mass is 306 g/mol. The lowest BCUT2D eigenvalue weighted by atomic mass is 10.2. The molecule has 6 heteroatoms. The van der Waals surface area contributed by atoms with Crippen LogP contribution >= 0.6 is 0 Å². The number of para-hydroxylation sites is 2. The molecule has 0 amide bonds. The molecule has 2 rings (SSSR count). The number of ether oxygens (including phenoxy) is 1. The van der Waals surface area contributed by atoms with E-state index in [1.807, 2.05) is 0 Å². The third kappa shape index (κ3) is 2.80. The van der Waals surface area contributed by atoms with Crippen molar-refractivity contribution < 1.29 is 13.2 Å². The summed E-state index contributed by atoms with van der Waals surface area (Å²) >= 11 is 0. The number of benzene rings is 2. The van der Waals surface area contributed by atoms with Gasteiger partial charge in [-0.1, -0.05) is 12.1 Å². The number of nitrogen functional groups attached to an aromatic ring is 1. The van der Waals surface area contributed by atoms with Crippen molar-refractivity contribution in [1.29, 1.82) is 0 Å². The standard InChI is InChI=1S/C15H18N2O3S/c1-11-10-12(16)8-9-15(11)21(18,19)17(2)13-6-4-5-7-14(13)20-3/h4-10H,16H2,1-3H3. The van der Waals surface area contributed by atoms with Crippen molar-refractivity contribution in [2.45, 2.75) is 11.8 Å². The average molecular weight is 306 g/mol.